The molecule has 0 radical (unpaired) electrons. The highest BCUT2D eigenvalue weighted by atomic mass is 16.3. The van der Waals surface area contributed by atoms with Crippen molar-refractivity contribution in [1.29, 1.82) is 0 Å². The molecule has 5 nitrogen and oxygen atoms in total. The Labute approximate surface area is 146 Å². The van der Waals surface area contributed by atoms with Crippen LogP contribution in [-0.2, 0) is 13.0 Å². The molecule has 3 heterocycles. The summed E-state index contributed by atoms with van der Waals surface area (Å²) in [5, 5.41) is 3.23. The van der Waals surface area contributed by atoms with E-state index in [-0.39, 0.29) is 5.91 Å². The largest absolute Gasteiger partial charge is 0.467 e. The van der Waals surface area contributed by atoms with E-state index in [4.69, 9.17) is 4.42 Å². The van der Waals surface area contributed by atoms with Gasteiger partial charge in [0, 0.05) is 12.2 Å². The fraction of sp³-hybridized carbons (Fsp3) is 0.200. The number of hydrogen-bond acceptors (Lipinski definition) is 4. The van der Waals surface area contributed by atoms with E-state index in [0.29, 0.717) is 12.2 Å². The van der Waals surface area contributed by atoms with Gasteiger partial charge >= 0.3 is 0 Å². The zero-order valence-electron chi connectivity index (χ0n) is 13.8. The molecule has 0 saturated carbocycles. The lowest BCUT2D eigenvalue weighted by Gasteiger charge is -2.29. The summed E-state index contributed by atoms with van der Waals surface area (Å²) in [6.45, 7) is 1.32. The molecule has 0 unspecified atom stereocenters. The van der Waals surface area contributed by atoms with Crippen LogP contribution in [-0.4, -0.2) is 17.4 Å². The van der Waals surface area contributed by atoms with Crippen molar-refractivity contribution in [3.8, 4) is 0 Å². The van der Waals surface area contributed by atoms with E-state index in [1.807, 2.05) is 41.3 Å². The van der Waals surface area contributed by atoms with Crippen molar-refractivity contribution in [2.24, 2.45) is 0 Å². The van der Waals surface area contributed by atoms with Crippen LogP contribution in [0, 0.1) is 0 Å². The first-order valence-corrected chi connectivity index (χ1v) is 8.43. The highest BCUT2D eigenvalue weighted by Gasteiger charge is 2.23. The minimum atomic E-state index is -0.0512. The third kappa shape index (κ3) is 3.26. The number of nitrogens with zero attached hydrogens (tertiary/aromatic N) is 2. The van der Waals surface area contributed by atoms with Gasteiger partial charge in [-0.1, -0.05) is 18.2 Å². The van der Waals surface area contributed by atoms with Crippen molar-refractivity contribution < 1.29 is 9.21 Å². The third-order valence-electron chi connectivity index (χ3n) is 4.38. The molecule has 1 aliphatic heterocycles. The van der Waals surface area contributed by atoms with Crippen molar-refractivity contribution in [2.45, 2.75) is 19.4 Å². The van der Waals surface area contributed by atoms with E-state index >= 15 is 0 Å². The lowest BCUT2D eigenvalue weighted by atomic mass is 10.0. The van der Waals surface area contributed by atoms with E-state index in [1.54, 1.807) is 18.5 Å². The highest BCUT2D eigenvalue weighted by molar-refractivity contribution is 6.05. The van der Waals surface area contributed by atoms with Crippen LogP contribution in [0.2, 0.25) is 0 Å². The number of hydrogen-bond donors (Lipinski definition) is 1. The summed E-state index contributed by atoms with van der Waals surface area (Å²) in [5.41, 5.74) is 3.53. The number of para-hydroxylation sites is 1. The van der Waals surface area contributed by atoms with Gasteiger partial charge in [0.25, 0.3) is 5.91 Å². The summed E-state index contributed by atoms with van der Waals surface area (Å²) in [5.74, 6) is 0.801. The van der Waals surface area contributed by atoms with Crippen LogP contribution in [0.15, 0.2) is 65.4 Å². The van der Waals surface area contributed by atoms with E-state index in [9.17, 15) is 4.79 Å². The number of amides is 1. The molecule has 0 fully saturated rings. The molecular formula is C20H19N3O2. The number of benzene rings is 1. The van der Waals surface area contributed by atoms with Crippen LogP contribution in [0.4, 0.5) is 11.4 Å². The number of nitrogens with one attached hydrogen (secondary N) is 1. The summed E-state index contributed by atoms with van der Waals surface area (Å²) < 4.78 is 5.29. The van der Waals surface area contributed by atoms with Gasteiger partial charge in [-0.3, -0.25) is 4.79 Å². The van der Waals surface area contributed by atoms with E-state index in [2.05, 4.69) is 16.4 Å². The molecule has 25 heavy (non-hydrogen) atoms. The summed E-state index contributed by atoms with van der Waals surface area (Å²) >= 11 is 0. The Balaban J connectivity index is 1.48. The van der Waals surface area contributed by atoms with E-state index < -0.39 is 0 Å². The Morgan fingerprint density at radius 3 is 2.88 bits per heavy atom. The molecule has 0 saturated heterocycles. The number of rotatable bonds is 4. The summed E-state index contributed by atoms with van der Waals surface area (Å²) in [4.78, 5) is 19.0. The first-order valence-electron chi connectivity index (χ1n) is 8.43. The summed E-state index contributed by atoms with van der Waals surface area (Å²) in [6.07, 6.45) is 5.33. The molecule has 126 valence electrons. The fourth-order valence-corrected chi connectivity index (χ4v) is 3.11. The molecule has 0 bridgehead atoms. The maximum atomic E-state index is 12.8. The van der Waals surface area contributed by atoms with Crippen molar-refractivity contribution in [2.75, 3.05) is 16.8 Å². The molecule has 0 aliphatic carbocycles. The average Bonchev–Trinajstić information content (AvgIpc) is 3.19. The fourth-order valence-electron chi connectivity index (χ4n) is 3.11. The standard InChI is InChI=1S/C20H19N3O2/c24-20(23-11-3-6-15-5-1-2-8-19(15)23)18-10-9-16(13-22-18)21-14-17-7-4-12-25-17/h1-2,4-5,7-10,12-13,21H,3,6,11,14H2. The quantitative estimate of drug-likeness (QED) is 0.787. The van der Waals surface area contributed by atoms with Crippen molar-refractivity contribution >= 4 is 17.3 Å². The van der Waals surface area contributed by atoms with E-state index in [0.717, 1.165) is 36.5 Å². The number of carbonyl (C=O) groups is 1. The topological polar surface area (TPSA) is 58.4 Å². The lowest BCUT2D eigenvalue weighted by molar-refractivity contribution is 0.0980. The number of aryl methyl sites for hydroxylation is 1. The molecule has 1 aliphatic rings. The SMILES string of the molecule is O=C(c1ccc(NCc2ccco2)cn1)N1CCCc2ccccc21. The minimum Gasteiger partial charge on any atom is -0.467 e. The van der Waals surface area contributed by atoms with Crippen molar-refractivity contribution in [1.82, 2.24) is 4.98 Å². The van der Waals surface area contributed by atoms with Crippen LogP contribution in [0.1, 0.15) is 28.2 Å². The molecule has 2 aromatic heterocycles. The molecule has 1 amide bonds. The summed E-state index contributed by atoms with van der Waals surface area (Å²) in [6, 6.07) is 15.5. The van der Waals surface area contributed by atoms with E-state index in [1.165, 1.54) is 5.56 Å². The van der Waals surface area contributed by atoms with Crippen molar-refractivity contribution in [3.05, 3.63) is 78.0 Å². The second-order valence-corrected chi connectivity index (χ2v) is 6.05. The second kappa shape index (κ2) is 6.81. The maximum Gasteiger partial charge on any atom is 0.276 e. The predicted molar refractivity (Wildman–Crippen MR) is 96.7 cm³/mol. The second-order valence-electron chi connectivity index (χ2n) is 6.05. The minimum absolute atomic E-state index is 0.0512. The normalized spacial score (nSPS) is 13.4. The molecule has 5 heteroatoms. The molecule has 4 rings (SSSR count). The van der Waals surface area contributed by atoms with Gasteiger partial charge in [-0.15, -0.1) is 0 Å². The molecule has 0 spiro atoms. The zero-order valence-corrected chi connectivity index (χ0v) is 13.8. The molecular weight excluding hydrogens is 314 g/mol. The van der Waals surface area contributed by atoms with Crippen LogP contribution in [0.25, 0.3) is 0 Å². The summed E-state index contributed by atoms with van der Waals surface area (Å²) in [7, 11) is 0. The Morgan fingerprint density at radius 2 is 2.08 bits per heavy atom. The van der Waals surface area contributed by atoms with Gasteiger partial charge in [0.05, 0.1) is 24.7 Å². The van der Waals surface area contributed by atoms with Crippen molar-refractivity contribution in [3.63, 3.8) is 0 Å². The maximum absolute atomic E-state index is 12.8. The number of aromatic nitrogens is 1. The molecule has 1 N–H and O–H groups in total. The van der Waals surface area contributed by atoms with Gasteiger partial charge in [0.15, 0.2) is 0 Å². The third-order valence-corrected chi connectivity index (χ3v) is 4.38. The first-order chi connectivity index (χ1) is 12.3. The average molecular weight is 333 g/mol. The first kappa shape index (κ1) is 15.4. The Morgan fingerprint density at radius 1 is 1.16 bits per heavy atom. The molecule has 1 aromatic carbocycles. The Hall–Kier alpha value is -3.08. The van der Waals surface area contributed by atoms with Crippen LogP contribution in [0.3, 0.4) is 0 Å². The van der Waals surface area contributed by atoms with Gasteiger partial charge in [-0.05, 0) is 48.7 Å². The van der Waals surface area contributed by atoms with Gasteiger partial charge in [-0.2, -0.15) is 0 Å². The lowest BCUT2D eigenvalue weighted by Crippen LogP contribution is -2.35. The van der Waals surface area contributed by atoms with Crippen LogP contribution >= 0.6 is 0 Å². The number of anilines is 2. The monoisotopic (exact) mass is 333 g/mol. The van der Waals surface area contributed by atoms with Gasteiger partial charge in [-0.25, -0.2) is 4.98 Å². The molecule has 3 aromatic rings. The van der Waals surface area contributed by atoms with Crippen LogP contribution < -0.4 is 10.2 Å². The number of carbonyl (C=O) groups excluding carboxylic acids is 1. The molecule has 0 atom stereocenters. The highest BCUT2D eigenvalue weighted by Crippen LogP contribution is 2.27. The number of pyridine rings is 1. The smallest absolute Gasteiger partial charge is 0.276 e. The number of furan rings is 1. The Kier molecular flexibility index (Phi) is 4.21. The van der Waals surface area contributed by atoms with Gasteiger partial charge in [0.1, 0.15) is 11.5 Å². The van der Waals surface area contributed by atoms with Crippen LogP contribution in [0.5, 0.6) is 0 Å². The van der Waals surface area contributed by atoms with Gasteiger partial charge in [0.2, 0.25) is 0 Å². The number of fused-ring (bicyclic) bond motifs is 1. The van der Waals surface area contributed by atoms with Gasteiger partial charge < -0.3 is 14.6 Å². The predicted octanol–water partition coefficient (Wildman–Crippen LogP) is 3.88. The Bertz CT molecular complexity index is 857. The zero-order chi connectivity index (χ0) is 17.1.